The molecule has 5 heteroatoms. The fraction of sp³-hybridized carbons (Fsp3) is 0.375. The predicted molar refractivity (Wildman–Crippen MR) is 114 cm³/mol. The van der Waals surface area contributed by atoms with Crippen LogP contribution in [0.15, 0.2) is 48.5 Å². The number of fused-ring (bicyclic) bond motifs is 1. The van der Waals surface area contributed by atoms with E-state index in [2.05, 4.69) is 17.1 Å². The largest absolute Gasteiger partial charge is 0.494 e. The standard InChI is InChI=1S/C24H28N2O3/c1-3-28-20-9-10-22-21(15-20)17(2)23(25-22)24(27)26-13-11-19(12-14-26)29-16-18-7-5-4-6-8-18/h4-10,15,19,25H,3,11-14,16H2,1-2H3. The van der Waals surface area contributed by atoms with Gasteiger partial charge < -0.3 is 19.4 Å². The second kappa shape index (κ2) is 8.70. The number of hydrogen-bond donors (Lipinski definition) is 1. The lowest BCUT2D eigenvalue weighted by Crippen LogP contribution is -2.41. The van der Waals surface area contributed by atoms with Gasteiger partial charge in [0.1, 0.15) is 11.4 Å². The summed E-state index contributed by atoms with van der Waals surface area (Å²) in [5, 5.41) is 1.04. The maximum absolute atomic E-state index is 13.1. The third kappa shape index (κ3) is 4.30. The van der Waals surface area contributed by atoms with Gasteiger partial charge in [-0.2, -0.15) is 0 Å². The fourth-order valence-electron chi connectivity index (χ4n) is 3.95. The van der Waals surface area contributed by atoms with E-state index in [9.17, 15) is 4.79 Å². The first-order valence-electron chi connectivity index (χ1n) is 10.4. The van der Waals surface area contributed by atoms with Crippen molar-refractivity contribution in [3.8, 4) is 5.75 Å². The van der Waals surface area contributed by atoms with Crippen molar-refractivity contribution >= 4 is 16.8 Å². The first kappa shape index (κ1) is 19.5. The Bertz CT molecular complexity index is 972. The van der Waals surface area contributed by atoms with Gasteiger partial charge in [-0.3, -0.25) is 4.79 Å². The van der Waals surface area contributed by atoms with Crippen LogP contribution in [0.2, 0.25) is 0 Å². The van der Waals surface area contributed by atoms with Crippen molar-refractivity contribution in [3.05, 3.63) is 65.4 Å². The summed E-state index contributed by atoms with van der Waals surface area (Å²) in [6.07, 6.45) is 1.94. The number of piperidine rings is 1. The van der Waals surface area contributed by atoms with Crippen molar-refractivity contribution in [2.75, 3.05) is 19.7 Å². The average molecular weight is 392 g/mol. The molecule has 0 atom stereocenters. The van der Waals surface area contributed by atoms with Gasteiger partial charge in [-0.25, -0.2) is 0 Å². The summed E-state index contributed by atoms with van der Waals surface area (Å²) in [5.74, 6) is 0.899. The van der Waals surface area contributed by atoms with Crippen LogP contribution < -0.4 is 4.74 Å². The van der Waals surface area contributed by atoms with Crippen molar-refractivity contribution in [1.29, 1.82) is 0 Å². The monoisotopic (exact) mass is 392 g/mol. The molecule has 3 aromatic rings. The summed E-state index contributed by atoms with van der Waals surface area (Å²) in [5.41, 5.74) is 3.81. The minimum atomic E-state index is 0.0677. The lowest BCUT2D eigenvalue weighted by Gasteiger charge is -2.32. The predicted octanol–water partition coefficient (Wildman–Crippen LogP) is 4.70. The molecule has 1 aliphatic rings. The van der Waals surface area contributed by atoms with Gasteiger partial charge in [-0.05, 0) is 56.0 Å². The summed E-state index contributed by atoms with van der Waals surface area (Å²) in [7, 11) is 0. The van der Waals surface area contributed by atoms with E-state index < -0.39 is 0 Å². The molecule has 0 unspecified atom stereocenters. The molecule has 4 rings (SSSR count). The number of likely N-dealkylation sites (tertiary alicyclic amines) is 1. The Morgan fingerprint density at radius 1 is 1.14 bits per heavy atom. The van der Waals surface area contributed by atoms with Gasteiger partial charge in [0.2, 0.25) is 0 Å². The van der Waals surface area contributed by atoms with E-state index in [1.54, 1.807) is 0 Å². The van der Waals surface area contributed by atoms with Crippen molar-refractivity contribution in [3.63, 3.8) is 0 Å². The number of amides is 1. The molecular formula is C24H28N2O3. The topological polar surface area (TPSA) is 54.6 Å². The van der Waals surface area contributed by atoms with E-state index in [0.29, 0.717) is 18.9 Å². The first-order chi connectivity index (χ1) is 14.2. The Morgan fingerprint density at radius 3 is 2.62 bits per heavy atom. The van der Waals surface area contributed by atoms with Crippen LogP contribution in [0.1, 0.15) is 41.4 Å². The number of rotatable bonds is 6. The van der Waals surface area contributed by atoms with Gasteiger partial charge in [-0.1, -0.05) is 30.3 Å². The van der Waals surface area contributed by atoms with E-state index in [-0.39, 0.29) is 12.0 Å². The van der Waals surface area contributed by atoms with Crippen LogP contribution in [0, 0.1) is 6.92 Å². The zero-order valence-corrected chi connectivity index (χ0v) is 17.1. The lowest BCUT2D eigenvalue weighted by atomic mass is 10.1. The summed E-state index contributed by atoms with van der Waals surface area (Å²) in [4.78, 5) is 18.4. The Hall–Kier alpha value is -2.79. The van der Waals surface area contributed by atoms with Gasteiger partial charge in [-0.15, -0.1) is 0 Å². The number of aromatic nitrogens is 1. The summed E-state index contributed by atoms with van der Waals surface area (Å²) < 4.78 is 11.6. The van der Waals surface area contributed by atoms with E-state index >= 15 is 0 Å². The van der Waals surface area contributed by atoms with E-state index in [0.717, 1.165) is 48.1 Å². The van der Waals surface area contributed by atoms with Gasteiger partial charge in [0, 0.05) is 24.0 Å². The van der Waals surface area contributed by atoms with Crippen molar-refractivity contribution < 1.29 is 14.3 Å². The Morgan fingerprint density at radius 2 is 1.90 bits per heavy atom. The van der Waals surface area contributed by atoms with Crippen molar-refractivity contribution in [2.24, 2.45) is 0 Å². The zero-order chi connectivity index (χ0) is 20.2. The second-order valence-corrected chi connectivity index (χ2v) is 7.55. The Kier molecular flexibility index (Phi) is 5.86. The van der Waals surface area contributed by atoms with E-state index in [1.807, 2.05) is 55.1 Å². The molecule has 0 radical (unpaired) electrons. The SMILES string of the molecule is CCOc1ccc2[nH]c(C(=O)N3CCC(OCc4ccccc4)CC3)c(C)c2c1. The van der Waals surface area contributed by atoms with Crippen LogP contribution in [-0.4, -0.2) is 41.6 Å². The van der Waals surface area contributed by atoms with Gasteiger partial charge >= 0.3 is 0 Å². The number of carbonyl (C=O) groups is 1. The molecule has 1 amide bonds. The molecular weight excluding hydrogens is 364 g/mol. The molecule has 0 aliphatic carbocycles. The summed E-state index contributed by atoms with van der Waals surface area (Å²) in [6.45, 7) is 6.66. The van der Waals surface area contributed by atoms with Crippen molar-refractivity contribution in [1.82, 2.24) is 9.88 Å². The molecule has 0 bridgehead atoms. The van der Waals surface area contributed by atoms with Crippen molar-refractivity contribution in [2.45, 2.75) is 39.4 Å². The van der Waals surface area contributed by atoms with Crippen LogP contribution >= 0.6 is 0 Å². The summed E-state index contributed by atoms with van der Waals surface area (Å²) in [6, 6.07) is 16.1. The molecule has 0 saturated carbocycles. The van der Waals surface area contributed by atoms with Gasteiger partial charge in [0.15, 0.2) is 0 Å². The van der Waals surface area contributed by atoms with Crippen LogP contribution in [0.3, 0.4) is 0 Å². The summed E-state index contributed by atoms with van der Waals surface area (Å²) >= 11 is 0. The molecule has 2 aromatic carbocycles. The highest BCUT2D eigenvalue weighted by Crippen LogP contribution is 2.28. The molecule has 2 heterocycles. The number of carbonyl (C=O) groups excluding carboxylic acids is 1. The van der Waals surface area contributed by atoms with Crippen LogP contribution in [-0.2, 0) is 11.3 Å². The fourth-order valence-corrected chi connectivity index (χ4v) is 3.95. The number of aryl methyl sites for hydroxylation is 1. The molecule has 29 heavy (non-hydrogen) atoms. The maximum Gasteiger partial charge on any atom is 0.270 e. The number of nitrogens with one attached hydrogen (secondary N) is 1. The molecule has 5 nitrogen and oxygen atoms in total. The molecule has 1 aromatic heterocycles. The maximum atomic E-state index is 13.1. The molecule has 0 spiro atoms. The number of ether oxygens (including phenoxy) is 2. The number of benzene rings is 2. The number of aromatic amines is 1. The number of hydrogen-bond acceptors (Lipinski definition) is 3. The zero-order valence-electron chi connectivity index (χ0n) is 17.1. The minimum absolute atomic E-state index is 0.0677. The lowest BCUT2D eigenvalue weighted by molar-refractivity contribution is -0.000503. The normalized spacial score (nSPS) is 15.0. The number of nitrogens with zero attached hydrogens (tertiary/aromatic N) is 1. The quantitative estimate of drug-likeness (QED) is 0.662. The third-order valence-electron chi connectivity index (χ3n) is 5.61. The Labute approximate surface area is 171 Å². The number of H-pyrrole nitrogens is 1. The molecule has 152 valence electrons. The molecule has 1 N–H and O–H groups in total. The average Bonchev–Trinajstić information content (AvgIpc) is 3.09. The Balaban J connectivity index is 1.38. The van der Waals surface area contributed by atoms with Crippen LogP contribution in [0.4, 0.5) is 0 Å². The van der Waals surface area contributed by atoms with Crippen LogP contribution in [0.25, 0.3) is 10.9 Å². The molecule has 1 fully saturated rings. The minimum Gasteiger partial charge on any atom is -0.494 e. The van der Waals surface area contributed by atoms with E-state index in [4.69, 9.17) is 9.47 Å². The highest BCUT2D eigenvalue weighted by Gasteiger charge is 2.26. The van der Waals surface area contributed by atoms with Gasteiger partial charge in [0.25, 0.3) is 5.91 Å². The third-order valence-corrected chi connectivity index (χ3v) is 5.61. The van der Waals surface area contributed by atoms with E-state index in [1.165, 1.54) is 5.56 Å². The molecule has 1 aliphatic heterocycles. The molecule has 1 saturated heterocycles. The highest BCUT2D eigenvalue weighted by atomic mass is 16.5. The highest BCUT2D eigenvalue weighted by molar-refractivity contribution is 6.01. The second-order valence-electron chi connectivity index (χ2n) is 7.55. The van der Waals surface area contributed by atoms with Gasteiger partial charge in [0.05, 0.1) is 19.3 Å². The van der Waals surface area contributed by atoms with Crippen LogP contribution in [0.5, 0.6) is 5.75 Å². The first-order valence-corrected chi connectivity index (χ1v) is 10.4. The smallest absolute Gasteiger partial charge is 0.270 e.